The average molecular weight is 210 g/mol. The van der Waals surface area contributed by atoms with Gasteiger partial charge >= 0.3 is 0 Å². The second kappa shape index (κ2) is 6.16. The molecule has 0 N–H and O–H groups in total. The zero-order valence-corrected chi connectivity index (χ0v) is 8.80. The van der Waals surface area contributed by atoms with Crippen molar-refractivity contribution >= 4 is 6.29 Å². The van der Waals surface area contributed by atoms with Gasteiger partial charge in [0.2, 0.25) is 0 Å². The maximum Gasteiger partial charge on any atom is 0.191 e. The normalized spacial score (nSPS) is 12.1. The Hall–Kier alpha value is -1.39. The molecule has 0 fully saturated rings. The van der Waals surface area contributed by atoms with E-state index >= 15 is 0 Å². The van der Waals surface area contributed by atoms with Gasteiger partial charge in [0.05, 0.1) is 0 Å². The van der Waals surface area contributed by atoms with Crippen LogP contribution in [0.5, 0.6) is 5.75 Å². The molecule has 1 aromatic rings. The highest BCUT2D eigenvalue weighted by molar-refractivity contribution is 5.74. The number of hydrogen-bond acceptors (Lipinski definition) is 4. The zero-order chi connectivity index (χ0) is 11.1. The van der Waals surface area contributed by atoms with E-state index in [1.807, 2.05) is 0 Å². The number of carbonyl (C=O) groups excluding carboxylic acids is 1. The lowest BCUT2D eigenvalue weighted by Gasteiger charge is -2.11. The van der Waals surface area contributed by atoms with Gasteiger partial charge in [-0.3, -0.25) is 4.79 Å². The third-order valence-electron chi connectivity index (χ3n) is 1.88. The first-order valence-electron chi connectivity index (χ1n) is 4.58. The fourth-order valence-corrected chi connectivity index (χ4v) is 0.909. The molecule has 0 aliphatic carbocycles. The number of benzene rings is 1. The zero-order valence-electron chi connectivity index (χ0n) is 8.80. The molecule has 1 aromatic carbocycles. The van der Waals surface area contributed by atoms with E-state index in [-0.39, 0.29) is 13.1 Å². The molecule has 0 aliphatic rings. The summed E-state index contributed by atoms with van der Waals surface area (Å²) in [6.07, 6.45) is 0.493. The van der Waals surface area contributed by atoms with Gasteiger partial charge in [-0.25, -0.2) is 0 Å². The van der Waals surface area contributed by atoms with Crippen molar-refractivity contribution in [2.24, 2.45) is 0 Å². The molecular weight excluding hydrogens is 196 g/mol. The Kier molecular flexibility index (Phi) is 4.80. The van der Waals surface area contributed by atoms with Crippen molar-refractivity contribution in [1.29, 1.82) is 0 Å². The number of aldehydes is 1. The number of hydrogen-bond donors (Lipinski definition) is 0. The largest absolute Gasteiger partial charge is 0.467 e. The minimum absolute atomic E-state index is 0.120. The third kappa shape index (κ3) is 4.10. The third-order valence-corrected chi connectivity index (χ3v) is 1.88. The van der Waals surface area contributed by atoms with Gasteiger partial charge in [0, 0.05) is 12.7 Å². The van der Waals surface area contributed by atoms with E-state index in [0.29, 0.717) is 11.3 Å². The maximum atomic E-state index is 10.4. The lowest BCUT2D eigenvalue weighted by atomic mass is 10.2. The van der Waals surface area contributed by atoms with Crippen molar-refractivity contribution in [1.82, 2.24) is 0 Å². The second-order valence-electron chi connectivity index (χ2n) is 2.92. The molecule has 0 saturated carbocycles. The molecule has 0 heterocycles. The fourth-order valence-electron chi connectivity index (χ4n) is 0.909. The van der Waals surface area contributed by atoms with Crippen LogP contribution < -0.4 is 4.74 Å². The summed E-state index contributed by atoms with van der Waals surface area (Å²) in [5, 5.41) is 0. The molecule has 4 heteroatoms. The highest BCUT2D eigenvalue weighted by atomic mass is 16.7. The summed E-state index contributed by atoms with van der Waals surface area (Å²) in [6.45, 7) is 1.90. The highest BCUT2D eigenvalue weighted by Gasteiger charge is 1.99. The van der Waals surface area contributed by atoms with Gasteiger partial charge in [-0.2, -0.15) is 0 Å². The van der Waals surface area contributed by atoms with Crippen LogP contribution in [0.2, 0.25) is 0 Å². The SMILES string of the molecule is COC(C)OCOc1ccc(C=O)cc1. The van der Waals surface area contributed by atoms with Gasteiger partial charge in [0.25, 0.3) is 0 Å². The van der Waals surface area contributed by atoms with E-state index in [2.05, 4.69) is 0 Å². The van der Waals surface area contributed by atoms with Crippen LogP contribution in [0.15, 0.2) is 24.3 Å². The standard InChI is InChI=1S/C11H14O4/c1-9(13-2)14-8-15-11-5-3-10(7-12)4-6-11/h3-7,9H,8H2,1-2H3. The number of methoxy groups -OCH3 is 1. The Balaban J connectivity index is 2.34. The predicted octanol–water partition coefficient (Wildman–Crippen LogP) is 1.84. The van der Waals surface area contributed by atoms with Crippen molar-refractivity contribution in [3.8, 4) is 5.75 Å². The van der Waals surface area contributed by atoms with Gasteiger partial charge in [-0.1, -0.05) is 0 Å². The molecule has 0 aliphatic heterocycles. The Labute approximate surface area is 88.8 Å². The van der Waals surface area contributed by atoms with Crippen LogP contribution in [0, 0.1) is 0 Å². The van der Waals surface area contributed by atoms with Crippen LogP contribution in [-0.4, -0.2) is 26.5 Å². The fraction of sp³-hybridized carbons (Fsp3) is 0.364. The van der Waals surface area contributed by atoms with Crippen LogP contribution >= 0.6 is 0 Å². The average Bonchev–Trinajstić information content (AvgIpc) is 2.29. The Morgan fingerprint density at radius 3 is 2.53 bits per heavy atom. The minimum atomic E-state index is -0.292. The lowest BCUT2D eigenvalue weighted by Crippen LogP contribution is -2.14. The molecule has 0 amide bonds. The first-order chi connectivity index (χ1) is 7.26. The molecule has 0 spiro atoms. The summed E-state index contributed by atoms with van der Waals surface area (Å²) in [5.41, 5.74) is 0.619. The van der Waals surface area contributed by atoms with E-state index in [4.69, 9.17) is 14.2 Å². The molecule has 0 aromatic heterocycles. The smallest absolute Gasteiger partial charge is 0.191 e. The number of rotatable bonds is 6. The molecule has 1 atom stereocenters. The first-order valence-corrected chi connectivity index (χ1v) is 4.58. The molecule has 4 nitrogen and oxygen atoms in total. The summed E-state index contributed by atoms with van der Waals surface area (Å²) in [4.78, 5) is 10.4. The highest BCUT2D eigenvalue weighted by Crippen LogP contribution is 2.11. The predicted molar refractivity (Wildman–Crippen MR) is 54.9 cm³/mol. The van der Waals surface area contributed by atoms with E-state index in [0.717, 1.165) is 6.29 Å². The Bertz CT molecular complexity index is 294. The van der Waals surface area contributed by atoms with Crippen molar-refractivity contribution in [2.75, 3.05) is 13.9 Å². The minimum Gasteiger partial charge on any atom is -0.467 e. The van der Waals surface area contributed by atoms with Crippen molar-refractivity contribution in [2.45, 2.75) is 13.2 Å². The molecular formula is C11H14O4. The summed E-state index contributed by atoms with van der Waals surface area (Å²) in [7, 11) is 1.56. The van der Waals surface area contributed by atoms with Crippen LogP contribution in [0.3, 0.4) is 0 Å². The van der Waals surface area contributed by atoms with Gasteiger partial charge < -0.3 is 14.2 Å². The molecule has 82 valence electrons. The number of ether oxygens (including phenoxy) is 3. The molecule has 1 rings (SSSR count). The summed E-state index contributed by atoms with van der Waals surface area (Å²) < 4.78 is 15.3. The molecule has 15 heavy (non-hydrogen) atoms. The Morgan fingerprint density at radius 1 is 1.33 bits per heavy atom. The summed E-state index contributed by atoms with van der Waals surface area (Å²) in [6, 6.07) is 6.79. The van der Waals surface area contributed by atoms with Crippen molar-refractivity contribution < 1.29 is 19.0 Å². The van der Waals surface area contributed by atoms with E-state index in [9.17, 15) is 4.79 Å². The summed E-state index contributed by atoms with van der Waals surface area (Å²) in [5.74, 6) is 0.656. The van der Waals surface area contributed by atoms with Crippen LogP contribution in [0.25, 0.3) is 0 Å². The van der Waals surface area contributed by atoms with Crippen LogP contribution in [0.4, 0.5) is 0 Å². The van der Waals surface area contributed by atoms with Crippen LogP contribution in [-0.2, 0) is 9.47 Å². The van der Waals surface area contributed by atoms with E-state index in [1.165, 1.54) is 0 Å². The van der Waals surface area contributed by atoms with Gasteiger partial charge in [0.1, 0.15) is 12.0 Å². The van der Waals surface area contributed by atoms with E-state index < -0.39 is 0 Å². The van der Waals surface area contributed by atoms with E-state index in [1.54, 1.807) is 38.3 Å². The summed E-state index contributed by atoms with van der Waals surface area (Å²) >= 11 is 0. The van der Waals surface area contributed by atoms with Crippen molar-refractivity contribution in [3.63, 3.8) is 0 Å². The second-order valence-corrected chi connectivity index (χ2v) is 2.92. The van der Waals surface area contributed by atoms with Crippen LogP contribution in [0.1, 0.15) is 17.3 Å². The van der Waals surface area contributed by atoms with Crippen molar-refractivity contribution in [3.05, 3.63) is 29.8 Å². The van der Waals surface area contributed by atoms with Gasteiger partial charge in [-0.15, -0.1) is 0 Å². The monoisotopic (exact) mass is 210 g/mol. The van der Waals surface area contributed by atoms with Gasteiger partial charge in [-0.05, 0) is 31.2 Å². The quantitative estimate of drug-likeness (QED) is 0.531. The number of carbonyl (C=O) groups is 1. The van der Waals surface area contributed by atoms with Gasteiger partial charge in [0.15, 0.2) is 13.1 Å². The maximum absolute atomic E-state index is 10.4. The topological polar surface area (TPSA) is 44.8 Å². The Morgan fingerprint density at radius 2 is 2.00 bits per heavy atom. The molecule has 0 saturated heterocycles. The first kappa shape index (κ1) is 11.7. The lowest BCUT2D eigenvalue weighted by molar-refractivity contribution is -0.149. The molecule has 0 bridgehead atoms. The molecule has 1 unspecified atom stereocenters. The molecule has 0 radical (unpaired) electrons.